The second-order valence-electron chi connectivity index (χ2n) is 13.4. The Kier molecular flexibility index (Phi) is 17.9. The molecule has 56 heavy (non-hydrogen) atoms. The molecule has 2 aliphatic rings. The fraction of sp³-hybridized carbons (Fsp3) is 0.450. The summed E-state index contributed by atoms with van der Waals surface area (Å²) in [5, 5.41) is 5.12. The molecule has 2 atom stereocenters. The highest BCUT2D eigenvalue weighted by atomic mass is 79.9. The van der Waals surface area contributed by atoms with E-state index in [2.05, 4.69) is 44.7 Å². The van der Waals surface area contributed by atoms with E-state index in [4.69, 9.17) is 28.4 Å². The summed E-state index contributed by atoms with van der Waals surface area (Å²) < 4.78 is 32.1. The largest absolute Gasteiger partial charge is 0.493 e. The van der Waals surface area contributed by atoms with Gasteiger partial charge in [-0.3, -0.25) is 39.6 Å². The molecular weight excluding hydrogens is 856 g/mol. The first-order valence-electron chi connectivity index (χ1n) is 17.9. The third kappa shape index (κ3) is 11.4. The zero-order chi connectivity index (χ0) is 38.8. The number of methoxy groups -OCH3 is 6. The molecule has 0 bridgehead atoms. The number of nitrogens with one attached hydrogen (secondary N) is 2. The van der Waals surface area contributed by atoms with Gasteiger partial charge in [-0.05, 0) is 74.2 Å². The second-order valence-corrected chi connectivity index (χ2v) is 13.4. The third-order valence-corrected chi connectivity index (χ3v) is 9.92. The minimum atomic E-state index is -0.531. The van der Waals surface area contributed by atoms with Crippen LogP contribution in [0.1, 0.15) is 57.5 Å². The van der Waals surface area contributed by atoms with Crippen molar-refractivity contribution in [2.45, 2.75) is 38.8 Å². The summed E-state index contributed by atoms with van der Waals surface area (Å²) in [6.45, 7) is 4.13. The molecule has 16 heteroatoms. The van der Waals surface area contributed by atoms with E-state index in [1.54, 1.807) is 0 Å². The van der Waals surface area contributed by atoms with Gasteiger partial charge in [0, 0.05) is 37.3 Å². The number of carbonyl (C=O) groups excluding carboxylic acids is 4. The lowest BCUT2D eigenvalue weighted by molar-refractivity contribution is -0.126. The van der Waals surface area contributed by atoms with Gasteiger partial charge >= 0.3 is 0 Å². The number of nitrogens with zero attached hydrogens (tertiary/aromatic N) is 2. The molecule has 2 N–H and O–H groups in total. The third-order valence-electron chi connectivity index (χ3n) is 9.92. The zero-order valence-electron chi connectivity index (χ0n) is 32.6. The van der Waals surface area contributed by atoms with Gasteiger partial charge in [0.25, 0.3) is 11.8 Å². The number of piperidine rings is 2. The van der Waals surface area contributed by atoms with Crippen molar-refractivity contribution in [3.05, 3.63) is 70.8 Å². The Balaban J connectivity index is 0.00000420. The first-order valence-corrected chi connectivity index (χ1v) is 17.9. The number of benzene rings is 3. The topological polar surface area (TPSA) is 154 Å². The highest BCUT2D eigenvalue weighted by Crippen LogP contribution is 2.39. The lowest BCUT2D eigenvalue weighted by Crippen LogP contribution is -2.44. The maximum Gasteiger partial charge on any atom is 0.258 e. The number of imide groups is 2. The lowest BCUT2D eigenvalue weighted by atomic mass is 9.96. The van der Waals surface area contributed by atoms with E-state index in [1.165, 1.54) is 66.9 Å². The van der Waals surface area contributed by atoms with Crippen LogP contribution in [0.5, 0.6) is 34.5 Å². The Morgan fingerprint density at radius 2 is 0.875 bits per heavy atom. The molecule has 2 heterocycles. The van der Waals surface area contributed by atoms with E-state index in [9.17, 15) is 19.2 Å². The molecule has 0 aromatic heterocycles. The van der Waals surface area contributed by atoms with Crippen molar-refractivity contribution in [1.82, 2.24) is 20.4 Å². The number of rotatable bonds is 14. The molecule has 14 nitrogen and oxygen atoms in total. The lowest BCUT2D eigenvalue weighted by Gasteiger charge is -2.32. The summed E-state index contributed by atoms with van der Waals surface area (Å²) in [6.07, 6.45) is 3.06. The zero-order valence-corrected chi connectivity index (χ0v) is 36.1. The molecule has 0 spiro atoms. The summed E-state index contributed by atoms with van der Waals surface area (Å²) in [5.74, 6) is -0.299. The Morgan fingerprint density at radius 1 is 0.554 bits per heavy atom. The molecule has 0 radical (unpaired) electrons. The second kappa shape index (κ2) is 21.8. The van der Waals surface area contributed by atoms with Crippen molar-refractivity contribution in [3.8, 4) is 34.5 Å². The van der Waals surface area contributed by atoms with Crippen LogP contribution >= 0.6 is 34.0 Å². The van der Waals surface area contributed by atoms with E-state index >= 15 is 0 Å². The predicted molar refractivity (Wildman–Crippen MR) is 220 cm³/mol. The van der Waals surface area contributed by atoms with Gasteiger partial charge in [0.05, 0.1) is 54.5 Å². The molecule has 3 aromatic carbocycles. The molecule has 0 aliphatic carbocycles. The minimum Gasteiger partial charge on any atom is -0.493 e. The molecule has 0 saturated carbocycles. The van der Waals surface area contributed by atoms with Gasteiger partial charge in [-0.2, -0.15) is 0 Å². The number of carbonyl (C=O) groups is 4. The van der Waals surface area contributed by atoms with Gasteiger partial charge in [-0.15, -0.1) is 34.0 Å². The predicted octanol–water partition coefficient (Wildman–Crippen LogP) is 5.23. The van der Waals surface area contributed by atoms with Crippen molar-refractivity contribution >= 4 is 57.6 Å². The van der Waals surface area contributed by atoms with Crippen molar-refractivity contribution in [2.24, 2.45) is 11.8 Å². The van der Waals surface area contributed by atoms with Crippen LogP contribution in [0.3, 0.4) is 0 Å². The van der Waals surface area contributed by atoms with Gasteiger partial charge in [0.2, 0.25) is 23.3 Å². The molecule has 4 amide bonds. The fourth-order valence-electron chi connectivity index (χ4n) is 7.09. The van der Waals surface area contributed by atoms with E-state index < -0.39 is 11.8 Å². The van der Waals surface area contributed by atoms with Crippen LogP contribution in [-0.4, -0.2) is 102 Å². The van der Waals surface area contributed by atoms with Crippen LogP contribution in [-0.2, 0) is 22.7 Å². The molecule has 3 aromatic rings. The quantitative estimate of drug-likeness (QED) is 0.204. The Hall–Kier alpha value is -4.38. The average molecular weight is 909 g/mol. The first kappa shape index (κ1) is 46.0. The molecule has 306 valence electrons. The number of ether oxygens (including phenoxy) is 6. The normalized spacial score (nSPS) is 16.9. The van der Waals surface area contributed by atoms with Crippen molar-refractivity contribution in [3.63, 3.8) is 0 Å². The number of halogens is 2. The Labute approximate surface area is 349 Å². The summed E-state index contributed by atoms with van der Waals surface area (Å²) >= 11 is 0. The molecule has 2 unspecified atom stereocenters. The number of hydrogen-bond acceptors (Lipinski definition) is 12. The van der Waals surface area contributed by atoms with Crippen molar-refractivity contribution in [1.29, 1.82) is 0 Å². The minimum absolute atomic E-state index is 0. The summed E-state index contributed by atoms with van der Waals surface area (Å²) in [5.41, 5.74) is 2.71. The maximum absolute atomic E-state index is 13.2. The van der Waals surface area contributed by atoms with Gasteiger partial charge in [0.1, 0.15) is 0 Å². The monoisotopic (exact) mass is 906 g/mol. The van der Waals surface area contributed by atoms with E-state index in [1.807, 2.05) is 0 Å². The van der Waals surface area contributed by atoms with Crippen LogP contribution < -0.4 is 39.1 Å². The van der Waals surface area contributed by atoms with Crippen LogP contribution in [0.4, 0.5) is 0 Å². The summed E-state index contributed by atoms with van der Waals surface area (Å²) in [4.78, 5) is 56.9. The van der Waals surface area contributed by atoms with Gasteiger partial charge in [0.15, 0.2) is 23.0 Å². The van der Waals surface area contributed by atoms with E-state index in [0.717, 1.165) is 37.1 Å². The standard InChI is InChI=1S/C40H50N4O10.2BrH/c1-49-31-17-29(18-32(50-2)35(31)53-5)39(47)41-37(45)27-9-7-15-43(23-27)21-25-11-13-26(14-12-25)22-44-16-8-10-28(24-44)38(46)42-40(48)30-19-33(51-3)36(54-6)34(20-30)52-4;;/h11-14,17-20,27-28H,7-10,15-16,21-24H2,1-6H3,(H,41,45,47)(H,42,46,48);2*1H. The summed E-state index contributed by atoms with van der Waals surface area (Å²) in [6, 6.07) is 14.5. The van der Waals surface area contributed by atoms with Crippen molar-refractivity contribution < 1.29 is 47.6 Å². The molecular formula is C40H52Br2N4O10. The molecule has 2 saturated heterocycles. The maximum atomic E-state index is 13.2. The smallest absolute Gasteiger partial charge is 0.258 e. The number of amides is 4. The van der Waals surface area contributed by atoms with Gasteiger partial charge in [-0.25, -0.2) is 0 Å². The van der Waals surface area contributed by atoms with Crippen LogP contribution in [0.25, 0.3) is 0 Å². The highest BCUT2D eigenvalue weighted by Gasteiger charge is 2.30. The van der Waals surface area contributed by atoms with Crippen LogP contribution in [0.2, 0.25) is 0 Å². The van der Waals surface area contributed by atoms with Crippen molar-refractivity contribution in [2.75, 3.05) is 68.8 Å². The van der Waals surface area contributed by atoms with E-state index in [0.29, 0.717) is 73.5 Å². The molecule has 5 rings (SSSR count). The number of hydrogen-bond donors (Lipinski definition) is 2. The first-order chi connectivity index (χ1) is 26.1. The molecule has 2 fully saturated rings. The van der Waals surface area contributed by atoms with Crippen LogP contribution in [0, 0.1) is 11.8 Å². The van der Waals surface area contributed by atoms with E-state index in [-0.39, 0.29) is 68.7 Å². The SMILES string of the molecule is Br.Br.COc1cc(C(=O)NC(=O)C2CCCN(Cc3ccc(CN4CCCC(C(=O)NC(=O)c5cc(OC)c(OC)c(OC)c5)C4)cc3)C2)cc(OC)c1OC. The van der Waals surface area contributed by atoms with Gasteiger partial charge in [-0.1, -0.05) is 24.3 Å². The average Bonchev–Trinajstić information content (AvgIpc) is 3.20. The highest BCUT2D eigenvalue weighted by molar-refractivity contribution is 8.93. The van der Waals surface area contributed by atoms with Crippen LogP contribution in [0.15, 0.2) is 48.5 Å². The number of likely N-dealkylation sites (tertiary alicyclic amines) is 2. The molecule has 2 aliphatic heterocycles. The van der Waals surface area contributed by atoms with Gasteiger partial charge < -0.3 is 28.4 Å². The summed E-state index contributed by atoms with van der Waals surface area (Å²) in [7, 11) is 8.83. The fourth-order valence-corrected chi connectivity index (χ4v) is 7.09. The Bertz CT molecular complexity index is 1650. The Morgan fingerprint density at radius 3 is 1.16 bits per heavy atom.